The lowest BCUT2D eigenvalue weighted by Crippen LogP contribution is -2.31. The molecule has 0 fully saturated rings. The molecular weight excluding hydrogens is 196 g/mol. The van der Waals surface area contributed by atoms with Crippen LogP contribution in [0.4, 0.5) is 4.79 Å². The van der Waals surface area contributed by atoms with Crippen molar-refractivity contribution in [2.24, 2.45) is 0 Å². The molecule has 0 atom stereocenters. The molecule has 82 valence electrons. The largest absolute Gasteiger partial charge is 0.503 e. The van der Waals surface area contributed by atoms with Crippen molar-refractivity contribution in [1.82, 2.24) is 9.88 Å². The molecule has 5 nitrogen and oxygen atoms in total. The van der Waals surface area contributed by atoms with Gasteiger partial charge in [-0.3, -0.25) is 9.36 Å². The van der Waals surface area contributed by atoms with Crippen LogP contribution in [0.2, 0.25) is 0 Å². The first-order chi connectivity index (χ1) is 7.07. The molecule has 0 aromatic carbocycles. The van der Waals surface area contributed by atoms with Crippen LogP contribution in [0.1, 0.15) is 19.0 Å². The lowest BCUT2D eigenvalue weighted by atomic mass is 10.3. The summed E-state index contributed by atoms with van der Waals surface area (Å²) in [5.41, 5.74) is -0.233. The normalized spacial score (nSPS) is 10.0. The van der Waals surface area contributed by atoms with Gasteiger partial charge in [0, 0.05) is 18.8 Å². The summed E-state index contributed by atoms with van der Waals surface area (Å²) in [6, 6.07) is 0.818. The van der Waals surface area contributed by atoms with Crippen LogP contribution >= 0.6 is 0 Å². The lowest BCUT2D eigenvalue weighted by molar-refractivity contribution is 0.241. The summed E-state index contributed by atoms with van der Waals surface area (Å²) in [4.78, 5) is 22.6. The summed E-state index contributed by atoms with van der Waals surface area (Å²) in [5.74, 6) is -0.385. The molecule has 0 radical (unpaired) electrons. The zero-order chi connectivity index (χ0) is 11.4. The van der Waals surface area contributed by atoms with Crippen LogP contribution in [0.5, 0.6) is 5.75 Å². The van der Waals surface area contributed by atoms with E-state index >= 15 is 0 Å². The second-order valence-electron chi connectivity index (χ2n) is 3.22. The Balaban J connectivity index is 3.00. The number of pyridine rings is 1. The number of nitrogens with zero attached hydrogens (tertiary/aromatic N) is 1. The zero-order valence-corrected chi connectivity index (χ0v) is 8.78. The maximum Gasteiger partial charge on any atom is 0.325 e. The van der Waals surface area contributed by atoms with Gasteiger partial charge in [0.25, 0.3) is 0 Å². The van der Waals surface area contributed by atoms with Crippen molar-refractivity contribution in [3.63, 3.8) is 0 Å². The van der Waals surface area contributed by atoms with E-state index < -0.39 is 5.43 Å². The molecule has 0 aliphatic rings. The number of hydrogen-bond donors (Lipinski definition) is 2. The number of amides is 1. The SMILES string of the molecule is CCCNC(=O)n1ccc(=O)c(O)c1C. The minimum Gasteiger partial charge on any atom is -0.503 e. The molecule has 1 aromatic rings. The van der Waals surface area contributed by atoms with Crippen molar-refractivity contribution in [3.8, 4) is 5.75 Å². The highest BCUT2D eigenvalue weighted by Gasteiger charge is 2.09. The Hall–Kier alpha value is -1.78. The van der Waals surface area contributed by atoms with Crippen molar-refractivity contribution >= 4 is 6.03 Å². The van der Waals surface area contributed by atoms with Gasteiger partial charge in [0.15, 0.2) is 5.75 Å². The third-order valence-electron chi connectivity index (χ3n) is 2.06. The lowest BCUT2D eigenvalue weighted by Gasteiger charge is -2.10. The molecule has 0 saturated carbocycles. The van der Waals surface area contributed by atoms with Crippen molar-refractivity contribution in [1.29, 1.82) is 0 Å². The van der Waals surface area contributed by atoms with Crippen LogP contribution in [0.15, 0.2) is 17.1 Å². The smallest absolute Gasteiger partial charge is 0.325 e. The van der Waals surface area contributed by atoms with Crippen molar-refractivity contribution in [2.45, 2.75) is 20.3 Å². The van der Waals surface area contributed by atoms with Crippen molar-refractivity contribution in [2.75, 3.05) is 6.54 Å². The van der Waals surface area contributed by atoms with Gasteiger partial charge in [-0.25, -0.2) is 4.79 Å². The highest BCUT2D eigenvalue weighted by molar-refractivity contribution is 5.77. The van der Waals surface area contributed by atoms with Gasteiger partial charge in [0.1, 0.15) is 0 Å². The number of carbonyl (C=O) groups is 1. The average Bonchev–Trinajstić information content (AvgIpc) is 2.23. The van der Waals surface area contributed by atoms with Crippen LogP contribution in [0.3, 0.4) is 0 Å². The third kappa shape index (κ3) is 2.37. The molecule has 1 amide bonds. The van der Waals surface area contributed by atoms with Gasteiger partial charge in [-0.15, -0.1) is 0 Å². The Bertz CT molecular complexity index is 423. The first kappa shape index (κ1) is 11.3. The van der Waals surface area contributed by atoms with Gasteiger partial charge < -0.3 is 10.4 Å². The standard InChI is InChI=1S/C10H14N2O3/c1-3-5-11-10(15)12-6-4-8(13)9(14)7(12)2/h4,6,14H,3,5H2,1-2H3,(H,11,15). The fourth-order valence-electron chi connectivity index (χ4n) is 1.16. The Morgan fingerprint density at radius 2 is 2.27 bits per heavy atom. The predicted octanol–water partition coefficient (Wildman–Crippen LogP) is 0.830. The van der Waals surface area contributed by atoms with Gasteiger partial charge in [0.05, 0.1) is 5.69 Å². The predicted molar refractivity (Wildman–Crippen MR) is 56.2 cm³/mol. The Morgan fingerprint density at radius 3 is 2.87 bits per heavy atom. The third-order valence-corrected chi connectivity index (χ3v) is 2.06. The van der Waals surface area contributed by atoms with E-state index in [1.807, 2.05) is 6.92 Å². The second-order valence-corrected chi connectivity index (χ2v) is 3.22. The minimum atomic E-state index is -0.480. The van der Waals surface area contributed by atoms with E-state index in [9.17, 15) is 14.7 Å². The summed E-state index contributed by atoms with van der Waals surface area (Å²) in [7, 11) is 0. The van der Waals surface area contributed by atoms with Gasteiger partial charge >= 0.3 is 6.03 Å². The minimum absolute atomic E-state index is 0.246. The zero-order valence-electron chi connectivity index (χ0n) is 8.78. The van der Waals surface area contributed by atoms with Crippen LogP contribution in [-0.4, -0.2) is 22.2 Å². The molecule has 0 unspecified atom stereocenters. The molecule has 1 heterocycles. The maximum atomic E-state index is 11.5. The molecule has 0 bridgehead atoms. The van der Waals surface area contributed by atoms with Gasteiger partial charge in [-0.2, -0.15) is 0 Å². The van der Waals surface area contributed by atoms with E-state index in [0.717, 1.165) is 12.5 Å². The van der Waals surface area contributed by atoms with Crippen LogP contribution in [0.25, 0.3) is 0 Å². The Labute approximate surface area is 87.4 Å². The first-order valence-electron chi connectivity index (χ1n) is 4.77. The molecule has 0 aliphatic carbocycles. The summed E-state index contributed by atoms with van der Waals surface area (Å²) < 4.78 is 1.21. The average molecular weight is 210 g/mol. The monoisotopic (exact) mass is 210 g/mol. The molecule has 15 heavy (non-hydrogen) atoms. The molecule has 0 aliphatic heterocycles. The molecular formula is C10H14N2O3. The van der Waals surface area contributed by atoms with Crippen molar-refractivity contribution in [3.05, 3.63) is 28.2 Å². The number of aromatic hydroxyl groups is 1. The topological polar surface area (TPSA) is 71.3 Å². The van der Waals surface area contributed by atoms with E-state index in [-0.39, 0.29) is 17.5 Å². The van der Waals surface area contributed by atoms with E-state index in [1.165, 1.54) is 17.7 Å². The van der Waals surface area contributed by atoms with Gasteiger partial charge in [0.2, 0.25) is 5.43 Å². The number of rotatable bonds is 2. The molecule has 1 aromatic heterocycles. The van der Waals surface area contributed by atoms with Crippen LogP contribution < -0.4 is 10.7 Å². The van der Waals surface area contributed by atoms with Gasteiger partial charge in [-0.1, -0.05) is 6.92 Å². The molecule has 0 spiro atoms. The van der Waals surface area contributed by atoms with Crippen LogP contribution in [0, 0.1) is 6.92 Å². The summed E-state index contributed by atoms with van der Waals surface area (Å²) in [5, 5.41) is 12.0. The molecule has 0 saturated heterocycles. The highest BCUT2D eigenvalue weighted by Crippen LogP contribution is 2.08. The summed E-state index contributed by atoms with van der Waals surface area (Å²) in [6.45, 7) is 4.02. The molecule has 5 heteroatoms. The van der Waals surface area contributed by atoms with Crippen molar-refractivity contribution < 1.29 is 9.90 Å². The van der Waals surface area contributed by atoms with E-state index in [0.29, 0.717) is 6.54 Å². The highest BCUT2D eigenvalue weighted by atomic mass is 16.3. The van der Waals surface area contributed by atoms with E-state index in [1.54, 1.807) is 0 Å². The molecule has 1 rings (SSSR count). The number of nitrogens with one attached hydrogen (secondary N) is 1. The maximum absolute atomic E-state index is 11.5. The van der Waals surface area contributed by atoms with Crippen LogP contribution in [-0.2, 0) is 0 Å². The number of carbonyl (C=O) groups excluding carboxylic acids is 1. The molecule has 2 N–H and O–H groups in total. The Morgan fingerprint density at radius 1 is 1.60 bits per heavy atom. The van der Waals surface area contributed by atoms with Gasteiger partial charge in [-0.05, 0) is 13.3 Å². The first-order valence-corrected chi connectivity index (χ1v) is 4.77. The quantitative estimate of drug-likeness (QED) is 0.759. The summed E-state index contributed by atoms with van der Waals surface area (Å²) in [6.07, 6.45) is 2.18. The Kier molecular flexibility index (Phi) is 3.49. The number of aromatic nitrogens is 1. The summed E-state index contributed by atoms with van der Waals surface area (Å²) >= 11 is 0. The fraction of sp³-hybridized carbons (Fsp3) is 0.400. The fourth-order valence-corrected chi connectivity index (χ4v) is 1.16. The second kappa shape index (κ2) is 4.63. The van der Waals surface area contributed by atoms with E-state index in [4.69, 9.17) is 0 Å². The number of hydrogen-bond acceptors (Lipinski definition) is 3. The van der Waals surface area contributed by atoms with E-state index in [2.05, 4.69) is 5.32 Å².